The molecule has 0 bridgehead atoms. The highest BCUT2D eigenvalue weighted by Crippen LogP contribution is 2.37. The summed E-state index contributed by atoms with van der Waals surface area (Å²) in [6.07, 6.45) is -2.61. The normalized spacial score (nSPS) is 26.2. The second-order valence-corrected chi connectivity index (χ2v) is 4.67. The standard InChI is InChI=1S/C12H11ClFN3O2/c13-7-3-1-6(2-4-7)11-16-12(19-17-11)10-9(14)8(5-15)18-10/h1-4,8-10H,5,15H2/t8-,9+,10-/m1/s1. The van der Waals surface area contributed by atoms with E-state index in [2.05, 4.69) is 10.1 Å². The molecule has 0 unspecified atom stereocenters. The molecule has 1 saturated heterocycles. The van der Waals surface area contributed by atoms with Crippen LogP contribution in [0.25, 0.3) is 11.4 Å². The van der Waals surface area contributed by atoms with Crippen LogP contribution in [0.3, 0.4) is 0 Å². The van der Waals surface area contributed by atoms with Gasteiger partial charge in [0.1, 0.15) is 6.10 Å². The van der Waals surface area contributed by atoms with Gasteiger partial charge in [0, 0.05) is 17.1 Å². The van der Waals surface area contributed by atoms with Crippen LogP contribution in [0.1, 0.15) is 12.0 Å². The molecule has 1 aromatic carbocycles. The van der Waals surface area contributed by atoms with E-state index in [-0.39, 0.29) is 12.4 Å². The molecule has 2 aromatic rings. The van der Waals surface area contributed by atoms with Crippen molar-refractivity contribution in [2.75, 3.05) is 6.54 Å². The SMILES string of the molecule is NC[C@H]1O[C@@H](c2nc(-c3ccc(Cl)cc3)no2)[C@H]1F. The Balaban J connectivity index is 1.79. The summed E-state index contributed by atoms with van der Waals surface area (Å²) >= 11 is 5.79. The molecule has 0 spiro atoms. The quantitative estimate of drug-likeness (QED) is 0.934. The Kier molecular flexibility index (Phi) is 3.22. The van der Waals surface area contributed by atoms with Crippen molar-refractivity contribution in [3.8, 4) is 11.4 Å². The zero-order valence-corrected chi connectivity index (χ0v) is 10.5. The molecule has 19 heavy (non-hydrogen) atoms. The van der Waals surface area contributed by atoms with Gasteiger partial charge in [0.2, 0.25) is 5.82 Å². The Hall–Kier alpha value is -1.50. The molecular weight excluding hydrogens is 273 g/mol. The first-order chi connectivity index (χ1) is 9.19. The maximum Gasteiger partial charge on any atom is 0.259 e. The number of halogens is 2. The maximum absolute atomic E-state index is 13.6. The van der Waals surface area contributed by atoms with Crippen molar-refractivity contribution < 1.29 is 13.7 Å². The number of aromatic nitrogens is 2. The van der Waals surface area contributed by atoms with E-state index in [0.717, 1.165) is 5.56 Å². The predicted octanol–water partition coefficient (Wildman–Crippen LogP) is 2.13. The highest BCUT2D eigenvalue weighted by molar-refractivity contribution is 6.30. The van der Waals surface area contributed by atoms with Gasteiger partial charge in [0.25, 0.3) is 5.89 Å². The lowest BCUT2D eigenvalue weighted by atomic mass is 10.0. The van der Waals surface area contributed by atoms with Crippen LogP contribution in [-0.2, 0) is 4.74 Å². The third-order valence-electron chi connectivity index (χ3n) is 2.99. The summed E-state index contributed by atoms with van der Waals surface area (Å²) in [6.45, 7) is 0.135. The molecule has 0 radical (unpaired) electrons. The van der Waals surface area contributed by atoms with Gasteiger partial charge in [0.05, 0.1) is 0 Å². The number of nitrogens with two attached hydrogens (primary N) is 1. The monoisotopic (exact) mass is 283 g/mol. The van der Waals surface area contributed by atoms with Gasteiger partial charge < -0.3 is 15.0 Å². The van der Waals surface area contributed by atoms with Crippen LogP contribution in [0.5, 0.6) is 0 Å². The Morgan fingerprint density at radius 1 is 1.32 bits per heavy atom. The van der Waals surface area contributed by atoms with Gasteiger partial charge in [-0.1, -0.05) is 16.8 Å². The Labute approximate surface area is 113 Å². The van der Waals surface area contributed by atoms with Crippen molar-refractivity contribution in [3.05, 3.63) is 35.2 Å². The summed E-state index contributed by atoms with van der Waals surface area (Å²) < 4.78 is 23.9. The molecule has 1 fully saturated rings. The van der Waals surface area contributed by atoms with Gasteiger partial charge in [-0.2, -0.15) is 4.98 Å². The number of rotatable bonds is 3. The van der Waals surface area contributed by atoms with Gasteiger partial charge in [-0.05, 0) is 24.3 Å². The third-order valence-corrected chi connectivity index (χ3v) is 3.24. The van der Waals surface area contributed by atoms with Crippen molar-refractivity contribution >= 4 is 11.6 Å². The van der Waals surface area contributed by atoms with Gasteiger partial charge in [0.15, 0.2) is 12.3 Å². The number of nitrogens with zero attached hydrogens (tertiary/aromatic N) is 2. The second-order valence-electron chi connectivity index (χ2n) is 4.24. The van der Waals surface area contributed by atoms with Gasteiger partial charge >= 0.3 is 0 Å². The third kappa shape index (κ3) is 2.22. The van der Waals surface area contributed by atoms with Crippen LogP contribution >= 0.6 is 11.6 Å². The van der Waals surface area contributed by atoms with E-state index in [1.54, 1.807) is 24.3 Å². The minimum atomic E-state index is -1.21. The first-order valence-electron chi connectivity index (χ1n) is 5.78. The van der Waals surface area contributed by atoms with E-state index in [4.69, 9.17) is 26.6 Å². The Morgan fingerprint density at radius 2 is 2.05 bits per heavy atom. The molecular formula is C12H11ClFN3O2. The Morgan fingerprint density at radius 3 is 2.68 bits per heavy atom. The van der Waals surface area contributed by atoms with E-state index in [1.165, 1.54) is 0 Å². The number of benzene rings is 1. The van der Waals surface area contributed by atoms with Crippen LogP contribution in [0.15, 0.2) is 28.8 Å². The topological polar surface area (TPSA) is 74.2 Å². The highest BCUT2D eigenvalue weighted by Gasteiger charge is 2.46. The number of alkyl halides is 1. The van der Waals surface area contributed by atoms with Crippen molar-refractivity contribution in [1.29, 1.82) is 0 Å². The van der Waals surface area contributed by atoms with Crippen LogP contribution in [0, 0.1) is 0 Å². The summed E-state index contributed by atoms with van der Waals surface area (Å²) in [5.41, 5.74) is 6.07. The average molecular weight is 284 g/mol. The largest absolute Gasteiger partial charge is 0.357 e. The van der Waals surface area contributed by atoms with E-state index in [0.29, 0.717) is 10.8 Å². The van der Waals surface area contributed by atoms with Gasteiger partial charge in [-0.3, -0.25) is 0 Å². The summed E-state index contributed by atoms with van der Waals surface area (Å²) in [6, 6.07) is 6.95. The molecule has 1 aromatic heterocycles. The zero-order chi connectivity index (χ0) is 13.4. The van der Waals surface area contributed by atoms with Gasteiger partial charge in [-0.15, -0.1) is 0 Å². The summed E-state index contributed by atoms with van der Waals surface area (Å²) in [5, 5.41) is 4.41. The molecule has 3 rings (SSSR count). The molecule has 2 N–H and O–H groups in total. The van der Waals surface area contributed by atoms with Crippen LogP contribution in [0.2, 0.25) is 5.02 Å². The van der Waals surface area contributed by atoms with E-state index in [1.807, 2.05) is 0 Å². The maximum atomic E-state index is 13.6. The predicted molar refractivity (Wildman–Crippen MR) is 66.3 cm³/mol. The molecule has 0 saturated carbocycles. The first kappa shape index (κ1) is 12.5. The Bertz CT molecular complexity index is 575. The van der Waals surface area contributed by atoms with E-state index >= 15 is 0 Å². The lowest BCUT2D eigenvalue weighted by Gasteiger charge is -2.36. The summed E-state index contributed by atoms with van der Waals surface area (Å²) in [5.74, 6) is 0.501. The lowest BCUT2D eigenvalue weighted by Crippen LogP contribution is -2.49. The van der Waals surface area contributed by atoms with Crippen LogP contribution < -0.4 is 5.73 Å². The number of ether oxygens (including phenoxy) is 1. The highest BCUT2D eigenvalue weighted by atomic mass is 35.5. The molecule has 100 valence electrons. The fourth-order valence-corrected chi connectivity index (χ4v) is 2.02. The zero-order valence-electron chi connectivity index (χ0n) is 9.79. The molecule has 1 aliphatic rings. The minimum absolute atomic E-state index is 0.127. The van der Waals surface area contributed by atoms with Gasteiger partial charge in [-0.25, -0.2) is 4.39 Å². The number of hydrogen-bond donors (Lipinski definition) is 1. The lowest BCUT2D eigenvalue weighted by molar-refractivity contribution is -0.199. The second kappa shape index (κ2) is 4.88. The molecule has 0 aliphatic carbocycles. The molecule has 3 atom stereocenters. The smallest absolute Gasteiger partial charge is 0.259 e. The fourth-order valence-electron chi connectivity index (χ4n) is 1.89. The first-order valence-corrected chi connectivity index (χ1v) is 6.16. The average Bonchev–Trinajstić information content (AvgIpc) is 2.88. The molecule has 5 nitrogen and oxygen atoms in total. The van der Waals surface area contributed by atoms with E-state index in [9.17, 15) is 4.39 Å². The fraction of sp³-hybridized carbons (Fsp3) is 0.333. The minimum Gasteiger partial charge on any atom is -0.357 e. The molecule has 0 amide bonds. The van der Waals surface area contributed by atoms with Crippen molar-refractivity contribution in [3.63, 3.8) is 0 Å². The molecule has 2 heterocycles. The molecule has 7 heteroatoms. The summed E-state index contributed by atoms with van der Waals surface area (Å²) in [7, 11) is 0. The molecule has 1 aliphatic heterocycles. The van der Waals surface area contributed by atoms with Crippen molar-refractivity contribution in [2.45, 2.75) is 18.4 Å². The van der Waals surface area contributed by atoms with Crippen LogP contribution in [0.4, 0.5) is 4.39 Å². The van der Waals surface area contributed by atoms with Crippen molar-refractivity contribution in [1.82, 2.24) is 10.1 Å². The van der Waals surface area contributed by atoms with Crippen LogP contribution in [-0.4, -0.2) is 29.0 Å². The number of hydrogen-bond acceptors (Lipinski definition) is 5. The van der Waals surface area contributed by atoms with Crippen molar-refractivity contribution in [2.24, 2.45) is 5.73 Å². The summed E-state index contributed by atoms with van der Waals surface area (Å²) in [4.78, 5) is 4.12. The van der Waals surface area contributed by atoms with E-state index < -0.39 is 18.4 Å².